The second-order valence-corrected chi connectivity index (χ2v) is 10.2. The summed E-state index contributed by atoms with van der Waals surface area (Å²) < 4.78 is 26.6. The van der Waals surface area contributed by atoms with E-state index in [-0.39, 0.29) is 41.9 Å². The molecule has 0 atom stereocenters. The quantitative estimate of drug-likeness (QED) is 0.608. The van der Waals surface area contributed by atoms with Gasteiger partial charge in [0.1, 0.15) is 0 Å². The summed E-state index contributed by atoms with van der Waals surface area (Å²) in [6.45, 7) is 0.783. The van der Waals surface area contributed by atoms with Crippen LogP contribution in [0.2, 0.25) is 0 Å². The Hall–Kier alpha value is -1.88. The minimum absolute atomic E-state index is 0.0157. The Morgan fingerprint density at radius 1 is 1.29 bits per heavy atom. The maximum absolute atomic E-state index is 12.7. The van der Waals surface area contributed by atoms with E-state index in [9.17, 15) is 18.0 Å². The van der Waals surface area contributed by atoms with Gasteiger partial charge in [-0.2, -0.15) is 16.1 Å². The molecule has 0 aliphatic carbocycles. The number of hydrogen-bond donors (Lipinski definition) is 2. The number of nitrogens with zero attached hydrogens (tertiary/aromatic N) is 1. The topological polar surface area (TPSA) is 95.6 Å². The fraction of sp³-hybridized carbons (Fsp3) is 0.333. The molecule has 0 unspecified atom stereocenters. The van der Waals surface area contributed by atoms with Crippen molar-refractivity contribution in [1.82, 2.24) is 14.9 Å². The number of carbonyl (C=O) groups excluding carboxylic acids is 2. The molecule has 3 rings (SSSR count). The van der Waals surface area contributed by atoms with Crippen LogP contribution in [0, 0.1) is 0 Å². The third-order valence-electron chi connectivity index (χ3n) is 4.09. The molecule has 2 aromatic rings. The summed E-state index contributed by atoms with van der Waals surface area (Å²) >= 11 is 3.44. The second-order valence-electron chi connectivity index (χ2n) is 6.10. The standard InChI is InChI=1S/C18H21N3O4S3/c22-17-12-21(8-6-19-17)28(24,25)16-5-1-3-14(11-16)18(23)20-7-10-26-13-15-4-2-9-27-15/h1-5,9,11H,6-8,10,12-13H2,(H,19,22)(H,20,23). The minimum atomic E-state index is -3.82. The maximum atomic E-state index is 12.7. The van der Waals surface area contributed by atoms with Crippen LogP contribution in [-0.2, 0) is 20.6 Å². The Kier molecular flexibility index (Phi) is 7.11. The predicted octanol–water partition coefficient (Wildman–Crippen LogP) is 1.53. The van der Waals surface area contributed by atoms with Crippen LogP contribution in [-0.4, -0.2) is 56.5 Å². The van der Waals surface area contributed by atoms with Crippen molar-refractivity contribution >= 4 is 44.9 Å². The van der Waals surface area contributed by atoms with Crippen LogP contribution < -0.4 is 10.6 Å². The van der Waals surface area contributed by atoms with Gasteiger partial charge in [-0.3, -0.25) is 9.59 Å². The molecule has 1 saturated heterocycles. The number of sulfonamides is 1. The van der Waals surface area contributed by atoms with Crippen molar-refractivity contribution in [1.29, 1.82) is 0 Å². The first-order valence-corrected chi connectivity index (χ1v) is 12.2. The third-order valence-corrected chi connectivity index (χ3v) is 8.00. The van der Waals surface area contributed by atoms with Gasteiger partial charge >= 0.3 is 0 Å². The molecule has 0 saturated carbocycles. The van der Waals surface area contributed by atoms with Gasteiger partial charge in [-0.15, -0.1) is 11.3 Å². The zero-order valence-corrected chi connectivity index (χ0v) is 17.5. The van der Waals surface area contributed by atoms with Crippen molar-refractivity contribution in [2.45, 2.75) is 10.6 Å². The lowest BCUT2D eigenvalue weighted by atomic mass is 10.2. The van der Waals surface area contributed by atoms with Crippen LogP contribution in [0.25, 0.3) is 0 Å². The summed E-state index contributed by atoms with van der Waals surface area (Å²) in [6.07, 6.45) is 0. The molecule has 1 aliphatic heterocycles. The molecule has 0 spiro atoms. The number of carbonyl (C=O) groups is 2. The monoisotopic (exact) mass is 439 g/mol. The zero-order chi connectivity index (χ0) is 20.0. The lowest BCUT2D eigenvalue weighted by Crippen LogP contribution is -2.49. The lowest BCUT2D eigenvalue weighted by molar-refractivity contribution is -0.122. The van der Waals surface area contributed by atoms with Gasteiger partial charge in [0.15, 0.2) is 0 Å². The highest BCUT2D eigenvalue weighted by Crippen LogP contribution is 2.18. The van der Waals surface area contributed by atoms with Crippen LogP contribution in [0.4, 0.5) is 0 Å². The SMILES string of the molecule is O=C1CN(S(=O)(=O)c2cccc(C(=O)NCCSCc3cccs3)c2)CCN1. The molecule has 1 fully saturated rings. The number of hydrogen-bond acceptors (Lipinski definition) is 6. The molecule has 1 aromatic carbocycles. The third kappa shape index (κ3) is 5.34. The minimum Gasteiger partial charge on any atom is -0.354 e. The molecule has 10 heteroatoms. The molecule has 1 aromatic heterocycles. The summed E-state index contributed by atoms with van der Waals surface area (Å²) in [6, 6.07) is 10.0. The zero-order valence-electron chi connectivity index (χ0n) is 15.1. The Labute approximate surface area is 172 Å². The first kappa shape index (κ1) is 20.8. The average molecular weight is 440 g/mol. The van der Waals surface area contributed by atoms with Crippen LogP contribution >= 0.6 is 23.1 Å². The first-order valence-electron chi connectivity index (χ1n) is 8.72. The summed E-state index contributed by atoms with van der Waals surface area (Å²) in [5.41, 5.74) is 0.283. The number of thioether (sulfide) groups is 1. The van der Waals surface area contributed by atoms with Crippen molar-refractivity contribution < 1.29 is 18.0 Å². The summed E-state index contributed by atoms with van der Waals surface area (Å²) in [7, 11) is -3.82. The van der Waals surface area contributed by atoms with Crippen LogP contribution in [0.3, 0.4) is 0 Å². The smallest absolute Gasteiger partial charge is 0.251 e. The Bertz CT molecular complexity index is 929. The van der Waals surface area contributed by atoms with Gasteiger partial charge in [0.25, 0.3) is 5.91 Å². The van der Waals surface area contributed by atoms with Crippen molar-refractivity contribution in [2.75, 3.05) is 31.9 Å². The molecule has 150 valence electrons. The number of benzene rings is 1. The molecule has 28 heavy (non-hydrogen) atoms. The van der Waals surface area contributed by atoms with Crippen molar-refractivity contribution in [3.8, 4) is 0 Å². The maximum Gasteiger partial charge on any atom is 0.251 e. The van der Waals surface area contributed by atoms with E-state index in [1.165, 1.54) is 23.1 Å². The van der Waals surface area contributed by atoms with E-state index < -0.39 is 10.0 Å². The normalized spacial score (nSPS) is 15.2. The van der Waals surface area contributed by atoms with Crippen molar-refractivity contribution in [2.24, 2.45) is 0 Å². The van der Waals surface area contributed by atoms with E-state index in [0.717, 1.165) is 15.8 Å². The number of thiophene rings is 1. The van der Waals surface area contributed by atoms with Gasteiger partial charge in [-0.25, -0.2) is 8.42 Å². The second kappa shape index (κ2) is 9.55. The molecule has 2 heterocycles. The van der Waals surface area contributed by atoms with Crippen LogP contribution in [0.5, 0.6) is 0 Å². The van der Waals surface area contributed by atoms with Gasteiger partial charge in [0.2, 0.25) is 15.9 Å². The van der Waals surface area contributed by atoms with Crippen molar-refractivity contribution in [3.05, 3.63) is 52.2 Å². The Balaban J connectivity index is 1.56. The molecule has 0 radical (unpaired) electrons. The number of piperazine rings is 1. The highest BCUT2D eigenvalue weighted by Gasteiger charge is 2.29. The van der Waals surface area contributed by atoms with Crippen molar-refractivity contribution in [3.63, 3.8) is 0 Å². The fourth-order valence-electron chi connectivity index (χ4n) is 2.67. The molecule has 7 nitrogen and oxygen atoms in total. The Morgan fingerprint density at radius 2 is 2.14 bits per heavy atom. The number of rotatable bonds is 8. The van der Waals surface area contributed by atoms with Gasteiger partial charge in [0, 0.05) is 41.6 Å². The van der Waals surface area contributed by atoms with Gasteiger partial charge in [-0.1, -0.05) is 12.1 Å². The van der Waals surface area contributed by atoms with E-state index >= 15 is 0 Å². The summed E-state index contributed by atoms with van der Waals surface area (Å²) in [4.78, 5) is 25.2. The molecule has 0 bridgehead atoms. The molecule has 2 amide bonds. The Morgan fingerprint density at radius 3 is 2.89 bits per heavy atom. The largest absolute Gasteiger partial charge is 0.354 e. The van der Waals surface area contributed by atoms with Gasteiger partial charge < -0.3 is 10.6 Å². The molecular weight excluding hydrogens is 418 g/mol. The fourth-order valence-corrected chi connectivity index (χ4v) is 5.82. The van der Waals surface area contributed by atoms with E-state index in [0.29, 0.717) is 6.54 Å². The van der Waals surface area contributed by atoms with E-state index in [2.05, 4.69) is 16.7 Å². The van der Waals surface area contributed by atoms with Crippen LogP contribution in [0.1, 0.15) is 15.2 Å². The predicted molar refractivity (Wildman–Crippen MR) is 111 cm³/mol. The molecular formula is C18H21N3O4S3. The highest BCUT2D eigenvalue weighted by molar-refractivity contribution is 7.98. The van der Waals surface area contributed by atoms with E-state index in [4.69, 9.17) is 0 Å². The van der Waals surface area contributed by atoms with E-state index in [1.54, 1.807) is 29.2 Å². The molecule has 1 aliphatic rings. The van der Waals surface area contributed by atoms with Gasteiger partial charge in [0.05, 0.1) is 11.4 Å². The summed E-state index contributed by atoms with van der Waals surface area (Å²) in [5.74, 6) is 1.03. The van der Waals surface area contributed by atoms with Gasteiger partial charge in [-0.05, 0) is 29.6 Å². The number of nitrogens with one attached hydrogen (secondary N) is 2. The van der Waals surface area contributed by atoms with Crippen LogP contribution in [0.15, 0.2) is 46.7 Å². The van der Waals surface area contributed by atoms with E-state index in [1.807, 2.05) is 11.4 Å². The number of amides is 2. The average Bonchev–Trinajstić information content (AvgIpc) is 3.21. The first-order chi connectivity index (χ1) is 13.5. The molecule has 2 N–H and O–H groups in total. The highest BCUT2D eigenvalue weighted by atomic mass is 32.2. The summed E-state index contributed by atoms with van der Waals surface area (Å²) in [5, 5.41) is 7.45. The lowest BCUT2D eigenvalue weighted by Gasteiger charge is -2.26.